The van der Waals surface area contributed by atoms with E-state index in [0.29, 0.717) is 11.6 Å². The van der Waals surface area contributed by atoms with Gasteiger partial charge >= 0.3 is 0 Å². The Bertz CT molecular complexity index is 669. The van der Waals surface area contributed by atoms with Crippen molar-refractivity contribution in [2.75, 3.05) is 5.73 Å². The Morgan fingerprint density at radius 1 is 1.35 bits per heavy atom. The van der Waals surface area contributed by atoms with Gasteiger partial charge in [0.15, 0.2) is 5.58 Å². The van der Waals surface area contributed by atoms with E-state index in [1.54, 1.807) is 11.3 Å². The number of anilines is 1. The van der Waals surface area contributed by atoms with Crippen LogP contribution >= 0.6 is 11.3 Å². The highest BCUT2D eigenvalue weighted by atomic mass is 32.1. The maximum atomic E-state index is 5.75. The average Bonchev–Trinajstić information content (AvgIpc) is 2.93. The van der Waals surface area contributed by atoms with Gasteiger partial charge in [0, 0.05) is 5.69 Å². The van der Waals surface area contributed by atoms with Crippen LogP contribution in [0.2, 0.25) is 0 Å². The third-order valence-corrected chi connectivity index (χ3v) is 3.68. The highest BCUT2D eigenvalue weighted by Crippen LogP contribution is 2.32. The van der Waals surface area contributed by atoms with Crippen LogP contribution < -0.4 is 5.73 Å². The van der Waals surface area contributed by atoms with Gasteiger partial charge in [0.25, 0.3) is 0 Å². The minimum absolute atomic E-state index is 0.692. The van der Waals surface area contributed by atoms with Gasteiger partial charge in [0.05, 0.1) is 4.88 Å². The first-order valence-electron chi connectivity index (χ1n) is 5.50. The fourth-order valence-electron chi connectivity index (χ4n) is 1.84. The SMILES string of the molecule is CCc1ccsc1-c1nc2cc(N)ccc2o1. The van der Waals surface area contributed by atoms with E-state index in [2.05, 4.69) is 23.4 Å². The van der Waals surface area contributed by atoms with Gasteiger partial charge in [-0.3, -0.25) is 0 Å². The lowest BCUT2D eigenvalue weighted by Crippen LogP contribution is -1.82. The quantitative estimate of drug-likeness (QED) is 0.699. The molecule has 3 aromatic rings. The lowest BCUT2D eigenvalue weighted by Gasteiger charge is -1.93. The van der Waals surface area contributed by atoms with Gasteiger partial charge in [-0.05, 0) is 41.6 Å². The van der Waals surface area contributed by atoms with E-state index >= 15 is 0 Å². The summed E-state index contributed by atoms with van der Waals surface area (Å²) in [7, 11) is 0. The van der Waals surface area contributed by atoms with Crippen LogP contribution in [0.3, 0.4) is 0 Å². The number of nitrogens with zero attached hydrogens (tertiary/aromatic N) is 1. The Hall–Kier alpha value is -1.81. The van der Waals surface area contributed by atoms with E-state index in [4.69, 9.17) is 10.2 Å². The molecule has 0 amide bonds. The molecular weight excluding hydrogens is 232 g/mol. The molecule has 2 N–H and O–H groups in total. The van der Waals surface area contributed by atoms with Crippen molar-refractivity contribution in [3.8, 4) is 10.8 Å². The summed E-state index contributed by atoms with van der Waals surface area (Å²) in [5.41, 5.74) is 9.31. The van der Waals surface area contributed by atoms with Crippen LogP contribution in [0.5, 0.6) is 0 Å². The van der Waals surface area contributed by atoms with Crippen molar-refractivity contribution in [2.24, 2.45) is 0 Å². The smallest absolute Gasteiger partial charge is 0.237 e. The molecule has 0 unspecified atom stereocenters. The normalized spacial score (nSPS) is 11.1. The van der Waals surface area contributed by atoms with Crippen molar-refractivity contribution < 1.29 is 4.42 Å². The molecule has 0 radical (unpaired) electrons. The molecule has 17 heavy (non-hydrogen) atoms. The second-order valence-electron chi connectivity index (χ2n) is 3.87. The van der Waals surface area contributed by atoms with Gasteiger partial charge in [-0.25, -0.2) is 4.98 Å². The van der Waals surface area contributed by atoms with Gasteiger partial charge in [0.2, 0.25) is 5.89 Å². The van der Waals surface area contributed by atoms with Crippen molar-refractivity contribution in [3.05, 3.63) is 35.2 Å². The summed E-state index contributed by atoms with van der Waals surface area (Å²) < 4.78 is 5.75. The zero-order chi connectivity index (χ0) is 11.8. The molecule has 4 heteroatoms. The zero-order valence-corrected chi connectivity index (χ0v) is 10.3. The lowest BCUT2D eigenvalue weighted by atomic mass is 10.2. The summed E-state index contributed by atoms with van der Waals surface area (Å²) in [6, 6.07) is 7.64. The minimum Gasteiger partial charge on any atom is -0.435 e. The third kappa shape index (κ3) is 1.70. The van der Waals surface area contributed by atoms with Crippen molar-refractivity contribution in [3.63, 3.8) is 0 Å². The fraction of sp³-hybridized carbons (Fsp3) is 0.154. The van der Waals surface area contributed by atoms with E-state index in [9.17, 15) is 0 Å². The molecule has 0 fully saturated rings. The molecule has 3 nitrogen and oxygen atoms in total. The van der Waals surface area contributed by atoms with Crippen molar-refractivity contribution in [1.29, 1.82) is 0 Å². The van der Waals surface area contributed by atoms with E-state index in [1.165, 1.54) is 5.56 Å². The van der Waals surface area contributed by atoms with Gasteiger partial charge in [-0.1, -0.05) is 6.92 Å². The largest absolute Gasteiger partial charge is 0.435 e. The highest BCUT2D eigenvalue weighted by molar-refractivity contribution is 7.13. The first kappa shape index (κ1) is 10.4. The van der Waals surface area contributed by atoms with Crippen molar-refractivity contribution >= 4 is 28.1 Å². The average molecular weight is 244 g/mol. The summed E-state index contributed by atoms with van der Waals surface area (Å²) in [5.74, 6) is 0.692. The highest BCUT2D eigenvalue weighted by Gasteiger charge is 2.12. The van der Waals surface area contributed by atoms with Gasteiger partial charge in [-0.15, -0.1) is 11.3 Å². The summed E-state index contributed by atoms with van der Waals surface area (Å²) in [4.78, 5) is 5.60. The predicted octanol–water partition coefficient (Wildman–Crippen LogP) is 3.70. The molecule has 1 aromatic carbocycles. The molecule has 86 valence electrons. The second kappa shape index (κ2) is 3.89. The first-order chi connectivity index (χ1) is 8.28. The first-order valence-corrected chi connectivity index (χ1v) is 6.38. The number of thiophene rings is 1. The molecule has 0 aliphatic heterocycles. The van der Waals surface area contributed by atoms with Crippen molar-refractivity contribution in [2.45, 2.75) is 13.3 Å². The maximum absolute atomic E-state index is 5.75. The van der Waals surface area contributed by atoms with Crippen molar-refractivity contribution in [1.82, 2.24) is 4.98 Å². The maximum Gasteiger partial charge on any atom is 0.237 e. The molecule has 0 atom stereocenters. The van der Waals surface area contributed by atoms with Crippen LogP contribution in [0.25, 0.3) is 21.9 Å². The number of benzene rings is 1. The van der Waals surface area contributed by atoms with Crippen LogP contribution in [0.4, 0.5) is 5.69 Å². The van der Waals surface area contributed by atoms with Crippen LogP contribution in [0, 0.1) is 0 Å². The molecule has 2 heterocycles. The van der Waals surface area contributed by atoms with E-state index < -0.39 is 0 Å². The van der Waals surface area contributed by atoms with Crippen LogP contribution in [0.1, 0.15) is 12.5 Å². The number of hydrogen-bond acceptors (Lipinski definition) is 4. The monoisotopic (exact) mass is 244 g/mol. The summed E-state index contributed by atoms with van der Waals surface area (Å²) in [5, 5.41) is 2.07. The Balaban J connectivity index is 2.18. The molecule has 3 rings (SSSR count). The Kier molecular flexibility index (Phi) is 2.37. The fourth-order valence-corrected chi connectivity index (χ4v) is 2.76. The van der Waals surface area contributed by atoms with E-state index in [0.717, 1.165) is 22.4 Å². The number of fused-ring (bicyclic) bond motifs is 1. The molecule has 0 saturated carbocycles. The second-order valence-corrected chi connectivity index (χ2v) is 4.79. The molecular formula is C13H12N2OS. The van der Waals surface area contributed by atoms with Crippen LogP contribution in [-0.2, 0) is 6.42 Å². The molecule has 2 aromatic heterocycles. The molecule has 0 aliphatic rings. The van der Waals surface area contributed by atoms with Gasteiger partial charge in [0.1, 0.15) is 5.52 Å². The summed E-state index contributed by atoms with van der Waals surface area (Å²) in [6.07, 6.45) is 0.986. The number of nitrogen functional groups attached to an aromatic ring is 1. The Morgan fingerprint density at radius 2 is 2.24 bits per heavy atom. The van der Waals surface area contributed by atoms with E-state index in [-0.39, 0.29) is 0 Å². The topological polar surface area (TPSA) is 52.0 Å². The predicted molar refractivity (Wildman–Crippen MR) is 71.1 cm³/mol. The van der Waals surface area contributed by atoms with E-state index in [1.807, 2.05) is 18.2 Å². The Labute approximate surface area is 103 Å². The van der Waals surface area contributed by atoms with Gasteiger partial charge in [-0.2, -0.15) is 0 Å². The minimum atomic E-state index is 0.692. The number of rotatable bonds is 2. The number of hydrogen-bond donors (Lipinski definition) is 1. The van der Waals surface area contributed by atoms with Gasteiger partial charge < -0.3 is 10.2 Å². The molecule has 0 bridgehead atoms. The number of aromatic nitrogens is 1. The third-order valence-electron chi connectivity index (χ3n) is 2.73. The van der Waals surface area contributed by atoms with Crippen LogP contribution in [-0.4, -0.2) is 4.98 Å². The summed E-state index contributed by atoms with van der Waals surface area (Å²) in [6.45, 7) is 2.13. The number of nitrogens with two attached hydrogens (primary N) is 1. The summed E-state index contributed by atoms with van der Waals surface area (Å²) >= 11 is 1.66. The Morgan fingerprint density at radius 3 is 3.06 bits per heavy atom. The standard InChI is InChI=1S/C13H12N2OS/c1-2-8-5-6-17-12(8)13-15-10-7-9(14)3-4-11(10)16-13/h3-7H,2,14H2,1H3. The van der Waals surface area contributed by atoms with Crippen LogP contribution in [0.15, 0.2) is 34.1 Å². The number of oxazole rings is 1. The molecule has 0 aliphatic carbocycles. The lowest BCUT2D eigenvalue weighted by molar-refractivity contribution is 0.621. The zero-order valence-electron chi connectivity index (χ0n) is 9.43. The molecule has 0 saturated heterocycles. The molecule has 0 spiro atoms. The number of aryl methyl sites for hydroxylation is 1.